The minimum absolute atomic E-state index is 0.0441. The number of rotatable bonds is 5. The maximum absolute atomic E-state index is 12.3. The van der Waals surface area contributed by atoms with Crippen LogP contribution in [-0.4, -0.2) is 49.1 Å². The second kappa shape index (κ2) is 8.32. The molecule has 0 aromatic heterocycles. The molecule has 0 unspecified atom stereocenters. The lowest BCUT2D eigenvalue weighted by atomic mass is 10.1. The molecule has 0 aliphatic carbocycles. The summed E-state index contributed by atoms with van der Waals surface area (Å²) < 4.78 is 0. The average molecular weight is 321 g/mol. The van der Waals surface area contributed by atoms with Gasteiger partial charge in [-0.25, -0.2) is 4.79 Å². The summed E-state index contributed by atoms with van der Waals surface area (Å²) in [5.41, 5.74) is 2.08. The van der Waals surface area contributed by atoms with E-state index >= 15 is 0 Å². The van der Waals surface area contributed by atoms with Crippen LogP contribution in [0.2, 0.25) is 0 Å². The van der Waals surface area contributed by atoms with Crippen molar-refractivity contribution in [1.82, 2.24) is 4.90 Å². The lowest BCUT2D eigenvalue weighted by molar-refractivity contribution is 0.212. The third-order valence-electron chi connectivity index (χ3n) is 4.21. The number of nitrogens with one attached hydrogen (secondary N) is 1. The Hall–Kier alpha value is -1.36. The Kier molecular flexibility index (Phi) is 6.43. The number of amides is 2. The molecule has 5 heteroatoms. The number of piperidine rings is 1. The van der Waals surface area contributed by atoms with Gasteiger partial charge in [0.25, 0.3) is 0 Å². The summed E-state index contributed by atoms with van der Waals surface area (Å²) in [6.45, 7) is 4.30. The molecule has 0 saturated carbocycles. The molecule has 1 atom stereocenters. The predicted octanol–water partition coefficient (Wildman–Crippen LogP) is 3.89. The van der Waals surface area contributed by atoms with Gasteiger partial charge >= 0.3 is 6.03 Å². The Morgan fingerprint density at radius 2 is 2.09 bits per heavy atom. The molecule has 1 aromatic rings. The van der Waals surface area contributed by atoms with Crippen LogP contribution in [0.1, 0.15) is 26.2 Å². The molecule has 2 rings (SSSR count). The monoisotopic (exact) mass is 321 g/mol. The van der Waals surface area contributed by atoms with Gasteiger partial charge in [-0.15, -0.1) is 0 Å². The van der Waals surface area contributed by atoms with Crippen molar-refractivity contribution < 1.29 is 4.79 Å². The molecule has 2 amide bonds. The number of urea groups is 1. The third-order valence-corrected chi connectivity index (χ3v) is 5.02. The highest BCUT2D eigenvalue weighted by Crippen LogP contribution is 2.23. The molecule has 1 aliphatic rings. The summed E-state index contributed by atoms with van der Waals surface area (Å²) in [4.78, 5) is 16.5. The summed E-state index contributed by atoms with van der Waals surface area (Å²) >= 11 is 1.75. The van der Waals surface area contributed by atoms with Gasteiger partial charge in [-0.1, -0.05) is 6.07 Å². The van der Waals surface area contributed by atoms with E-state index in [1.807, 2.05) is 19.2 Å². The molecule has 1 aliphatic heterocycles. The first-order chi connectivity index (χ1) is 10.6. The second-order valence-corrected chi connectivity index (χ2v) is 6.85. The van der Waals surface area contributed by atoms with Gasteiger partial charge in [0.2, 0.25) is 0 Å². The topological polar surface area (TPSA) is 35.6 Å². The first-order valence-corrected chi connectivity index (χ1v) is 9.39. The van der Waals surface area contributed by atoms with Gasteiger partial charge in [0.05, 0.1) is 0 Å². The van der Waals surface area contributed by atoms with Crippen LogP contribution in [0.5, 0.6) is 0 Å². The van der Waals surface area contributed by atoms with Gasteiger partial charge in [0.1, 0.15) is 0 Å². The van der Waals surface area contributed by atoms with Gasteiger partial charge in [0.15, 0.2) is 0 Å². The molecule has 4 nitrogen and oxygen atoms in total. The van der Waals surface area contributed by atoms with E-state index in [0.29, 0.717) is 0 Å². The van der Waals surface area contributed by atoms with E-state index in [1.54, 1.807) is 16.7 Å². The van der Waals surface area contributed by atoms with Crippen molar-refractivity contribution in [3.63, 3.8) is 0 Å². The van der Waals surface area contributed by atoms with Crippen LogP contribution in [0, 0.1) is 0 Å². The molecule has 122 valence electrons. The van der Waals surface area contributed by atoms with Crippen molar-refractivity contribution in [3.05, 3.63) is 24.3 Å². The zero-order valence-corrected chi connectivity index (χ0v) is 14.7. The maximum atomic E-state index is 12.3. The maximum Gasteiger partial charge on any atom is 0.321 e. The Balaban J connectivity index is 1.99. The van der Waals surface area contributed by atoms with Crippen LogP contribution in [0.3, 0.4) is 0 Å². The summed E-state index contributed by atoms with van der Waals surface area (Å²) in [5, 5.41) is 3.01. The SMILES string of the molecule is CSC[C@H](C)N(C)C(=O)Nc1cccc(N2CCCCC2)c1. The Bertz CT molecular complexity index is 489. The molecule has 0 bridgehead atoms. The highest BCUT2D eigenvalue weighted by atomic mass is 32.2. The number of benzene rings is 1. The van der Waals surface area contributed by atoms with Crippen LogP contribution in [0.15, 0.2) is 24.3 Å². The number of carbonyl (C=O) groups is 1. The van der Waals surface area contributed by atoms with Crippen molar-refractivity contribution in [2.45, 2.75) is 32.2 Å². The van der Waals surface area contributed by atoms with Crippen LogP contribution < -0.4 is 10.2 Å². The fourth-order valence-corrected chi connectivity index (χ4v) is 3.40. The Morgan fingerprint density at radius 1 is 1.36 bits per heavy atom. The smallest absolute Gasteiger partial charge is 0.321 e. The van der Waals surface area contributed by atoms with E-state index in [0.717, 1.165) is 24.5 Å². The fourth-order valence-electron chi connectivity index (χ4n) is 2.70. The lowest BCUT2D eigenvalue weighted by Gasteiger charge is -2.29. The molecule has 1 aromatic carbocycles. The van der Waals surface area contributed by atoms with Crippen LogP contribution in [0.4, 0.5) is 16.2 Å². The van der Waals surface area contributed by atoms with Crippen molar-refractivity contribution in [1.29, 1.82) is 0 Å². The van der Waals surface area contributed by atoms with E-state index in [2.05, 4.69) is 35.5 Å². The van der Waals surface area contributed by atoms with Crippen molar-refractivity contribution >= 4 is 29.2 Å². The number of hydrogen-bond acceptors (Lipinski definition) is 3. The second-order valence-electron chi connectivity index (χ2n) is 5.94. The largest absolute Gasteiger partial charge is 0.371 e. The molecule has 0 spiro atoms. The molecular weight excluding hydrogens is 294 g/mol. The first-order valence-electron chi connectivity index (χ1n) is 7.99. The van der Waals surface area contributed by atoms with E-state index in [-0.39, 0.29) is 12.1 Å². The molecule has 1 heterocycles. The van der Waals surface area contributed by atoms with E-state index in [1.165, 1.54) is 24.9 Å². The fraction of sp³-hybridized carbons (Fsp3) is 0.588. The van der Waals surface area contributed by atoms with E-state index in [9.17, 15) is 4.79 Å². The standard InChI is InChI=1S/C17H27N3OS/c1-14(13-22-3)19(2)17(21)18-15-8-7-9-16(12-15)20-10-5-4-6-11-20/h7-9,12,14H,4-6,10-11,13H2,1-3H3,(H,18,21)/t14-/m0/s1. The molecule has 1 N–H and O–H groups in total. The highest BCUT2D eigenvalue weighted by Gasteiger charge is 2.16. The first kappa shape index (κ1) is 17.0. The number of carbonyl (C=O) groups excluding carboxylic acids is 1. The van der Waals surface area contributed by atoms with Crippen LogP contribution in [0.25, 0.3) is 0 Å². The summed E-state index contributed by atoms with van der Waals surface area (Å²) in [6.07, 6.45) is 5.90. The van der Waals surface area contributed by atoms with Gasteiger partial charge in [0, 0.05) is 43.3 Å². The number of thioether (sulfide) groups is 1. The normalized spacial score (nSPS) is 16.2. The Morgan fingerprint density at radius 3 is 2.77 bits per heavy atom. The van der Waals surface area contributed by atoms with Gasteiger partial charge in [-0.2, -0.15) is 11.8 Å². The zero-order valence-electron chi connectivity index (χ0n) is 13.8. The predicted molar refractivity (Wildman–Crippen MR) is 97.1 cm³/mol. The van der Waals surface area contributed by atoms with E-state index in [4.69, 9.17) is 0 Å². The molecule has 0 radical (unpaired) electrons. The molecular formula is C17H27N3OS. The minimum atomic E-state index is -0.0441. The van der Waals surface area contributed by atoms with Gasteiger partial charge in [-0.05, 0) is 50.6 Å². The van der Waals surface area contributed by atoms with Crippen LogP contribution in [-0.2, 0) is 0 Å². The van der Waals surface area contributed by atoms with E-state index < -0.39 is 0 Å². The van der Waals surface area contributed by atoms with Crippen molar-refractivity contribution in [2.24, 2.45) is 0 Å². The summed E-state index contributed by atoms with van der Waals surface area (Å²) in [7, 11) is 1.85. The summed E-state index contributed by atoms with van der Waals surface area (Å²) in [5.74, 6) is 0.942. The minimum Gasteiger partial charge on any atom is -0.371 e. The zero-order chi connectivity index (χ0) is 15.9. The van der Waals surface area contributed by atoms with Crippen LogP contribution >= 0.6 is 11.8 Å². The number of anilines is 2. The lowest BCUT2D eigenvalue weighted by Crippen LogP contribution is -2.39. The highest BCUT2D eigenvalue weighted by molar-refractivity contribution is 7.98. The van der Waals surface area contributed by atoms with Crippen molar-refractivity contribution in [3.8, 4) is 0 Å². The molecule has 22 heavy (non-hydrogen) atoms. The molecule has 1 saturated heterocycles. The third kappa shape index (κ3) is 4.57. The number of nitrogens with zero attached hydrogens (tertiary/aromatic N) is 2. The summed E-state index contributed by atoms with van der Waals surface area (Å²) in [6, 6.07) is 8.36. The average Bonchev–Trinajstić information content (AvgIpc) is 2.55. The van der Waals surface area contributed by atoms with Gasteiger partial charge < -0.3 is 15.1 Å². The Labute approximate surface area is 138 Å². The quantitative estimate of drug-likeness (QED) is 0.893. The number of hydrogen-bond donors (Lipinski definition) is 1. The molecule has 1 fully saturated rings. The van der Waals surface area contributed by atoms with Crippen molar-refractivity contribution in [2.75, 3.05) is 42.4 Å². The van der Waals surface area contributed by atoms with Gasteiger partial charge in [-0.3, -0.25) is 0 Å².